The average molecular weight is 687 g/mol. The summed E-state index contributed by atoms with van der Waals surface area (Å²) in [6, 6.07) is 68.5. The topological polar surface area (TPSA) is 13.1 Å². The minimum Gasteiger partial charge on any atom is -0.456 e. The van der Waals surface area contributed by atoms with E-state index in [1.807, 2.05) is 0 Å². The minimum absolute atomic E-state index is 0.889. The van der Waals surface area contributed by atoms with Gasteiger partial charge < -0.3 is 4.42 Å². The molecule has 1 heteroatoms. The Morgan fingerprint density at radius 2 is 0.722 bits per heavy atom. The molecule has 11 rings (SSSR count). The van der Waals surface area contributed by atoms with Crippen LogP contribution < -0.4 is 0 Å². The maximum Gasteiger partial charge on any atom is 0.136 e. The molecule has 0 aliphatic carbocycles. The second-order valence-corrected chi connectivity index (χ2v) is 14.4. The van der Waals surface area contributed by atoms with E-state index in [0.29, 0.717) is 0 Å². The van der Waals surface area contributed by atoms with Crippen LogP contribution in [0.5, 0.6) is 0 Å². The Balaban J connectivity index is 1.17. The second kappa shape index (κ2) is 12.0. The van der Waals surface area contributed by atoms with Crippen LogP contribution in [0.2, 0.25) is 0 Å². The third-order valence-corrected chi connectivity index (χ3v) is 11.3. The molecule has 1 nitrogen and oxygen atoms in total. The number of hydrogen-bond acceptors (Lipinski definition) is 1. The molecule has 0 aliphatic rings. The summed E-state index contributed by atoms with van der Waals surface area (Å²) < 4.78 is 6.82. The predicted octanol–water partition coefficient (Wildman–Crippen LogP) is 15.2. The van der Waals surface area contributed by atoms with Crippen molar-refractivity contribution in [2.24, 2.45) is 0 Å². The first-order chi connectivity index (χ1) is 26.7. The van der Waals surface area contributed by atoms with E-state index in [4.69, 9.17) is 4.42 Å². The molecule has 0 spiro atoms. The second-order valence-electron chi connectivity index (χ2n) is 14.4. The molecule has 10 aromatic carbocycles. The standard InChI is InChI=1S/C53H34O/c1-33-26-28-35(29-27-33)50-37-16-5-7-18-39(37)51(40-19-8-6-17-38(40)50)36-30-31-45-48(32-36)54-47-25-13-24-46(53(45)47)52-43-22-11-9-20-41(43)49(34-14-3-2-4-15-34)42-21-10-12-23-44(42)52/h2-32H,1H3. The molecular weight excluding hydrogens is 653 g/mol. The van der Waals surface area contributed by atoms with Gasteiger partial charge in [-0.2, -0.15) is 0 Å². The number of benzene rings is 10. The maximum atomic E-state index is 6.82. The Bertz CT molecular complexity index is 3140. The maximum absolute atomic E-state index is 6.82. The fourth-order valence-corrected chi connectivity index (χ4v) is 8.99. The molecule has 1 heterocycles. The van der Waals surface area contributed by atoms with E-state index in [9.17, 15) is 0 Å². The Morgan fingerprint density at radius 3 is 1.24 bits per heavy atom. The van der Waals surface area contributed by atoms with Crippen molar-refractivity contribution in [3.8, 4) is 44.5 Å². The summed E-state index contributed by atoms with van der Waals surface area (Å²) >= 11 is 0. The van der Waals surface area contributed by atoms with Crippen LogP contribution >= 0.6 is 0 Å². The van der Waals surface area contributed by atoms with E-state index < -0.39 is 0 Å². The zero-order valence-electron chi connectivity index (χ0n) is 29.8. The van der Waals surface area contributed by atoms with Gasteiger partial charge in [0.15, 0.2) is 0 Å². The van der Waals surface area contributed by atoms with Gasteiger partial charge in [0.2, 0.25) is 0 Å². The lowest BCUT2D eigenvalue weighted by Crippen LogP contribution is -1.91. The quantitative estimate of drug-likeness (QED) is 0.168. The average Bonchev–Trinajstić information content (AvgIpc) is 3.61. The van der Waals surface area contributed by atoms with Crippen LogP contribution in [0.25, 0.3) is 110 Å². The van der Waals surface area contributed by atoms with Crippen LogP contribution in [-0.2, 0) is 0 Å². The molecule has 0 saturated carbocycles. The number of hydrogen-bond donors (Lipinski definition) is 0. The molecule has 0 unspecified atom stereocenters. The smallest absolute Gasteiger partial charge is 0.136 e. The van der Waals surface area contributed by atoms with Crippen molar-refractivity contribution in [1.82, 2.24) is 0 Å². The molecule has 252 valence electrons. The summed E-state index contributed by atoms with van der Waals surface area (Å²) in [7, 11) is 0. The number of furan rings is 1. The molecular formula is C53H34O. The summed E-state index contributed by atoms with van der Waals surface area (Å²) in [6.45, 7) is 2.15. The molecule has 0 amide bonds. The van der Waals surface area contributed by atoms with Crippen LogP contribution in [0.4, 0.5) is 0 Å². The highest BCUT2D eigenvalue weighted by Gasteiger charge is 2.22. The third kappa shape index (κ3) is 4.58. The number of aryl methyl sites for hydroxylation is 1. The van der Waals surface area contributed by atoms with Crippen molar-refractivity contribution >= 4 is 65.0 Å². The fourth-order valence-electron chi connectivity index (χ4n) is 8.99. The van der Waals surface area contributed by atoms with E-state index in [-0.39, 0.29) is 0 Å². The normalized spacial score (nSPS) is 11.8. The van der Waals surface area contributed by atoms with Crippen molar-refractivity contribution in [1.29, 1.82) is 0 Å². The molecule has 0 aliphatic heterocycles. The van der Waals surface area contributed by atoms with Crippen molar-refractivity contribution in [2.45, 2.75) is 6.92 Å². The molecule has 0 fully saturated rings. The van der Waals surface area contributed by atoms with Gasteiger partial charge in [-0.15, -0.1) is 0 Å². The zero-order valence-corrected chi connectivity index (χ0v) is 29.8. The highest BCUT2D eigenvalue weighted by atomic mass is 16.3. The van der Waals surface area contributed by atoms with Crippen LogP contribution in [0, 0.1) is 6.92 Å². The zero-order chi connectivity index (χ0) is 35.8. The summed E-state index contributed by atoms with van der Waals surface area (Å²) in [5.41, 5.74) is 12.8. The lowest BCUT2D eigenvalue weighted by Gasteiger charge is -2.18. The lowest BCUT2D eigenvalue weighted by molar-refractivity contribution is 0.669. The SMILES string of the molecule is Cc1ccc(-c2c3ccccc3c(-c3ccc4c(c3)oc3cccc(-c5c6ccccc6c(-c6ccccc6)c6ccccc56)c34)c3ccccc23)cc1. The lowest BCUT2D eigenvalue weighted by atomic mass is 9.84. The summed E-state index contributed by atoms with van der Waals surface area (Å²) in [5.74, 6) is 0. The Morgan fingerprint density at radius 1 is 0.296 bits per heavy atom. The molecule has 0 N–H and O–H groups in total. The van der Waals surface area contributed by atoms with Crippen molar-refractivity contribution < 1.29 is 4.42 Å². The van der Waals surface area contributed by atoms with Crippen molar-refractivity contribution in [3.63, 3.8) is 0 Å². The van der Waals surface area contributed by atoms with E-state index in [2.05, 4.69) is 195 Å². The molecule has 1 aromatic heterocycles. The van der Waals surface area contributed by atoms with Gasteiger partial charge in [0, 0.05) is 10.8 Å². The Hall–Kier alpha value is -6.96. The summed E-state index contributed by atoms with van der Waals surface area (Å²) in [4.78, 5) is 0. The van der Waals surface area contributed by atoms with Crippen LogP contribution in [0.3, 0.4) is 0 Å². The molecule has 0 radical (unpaired) electrons. The molecule has 0 saturated heterocycles. The highest BCUT2D eigenvalue weighted by Crippen LogP contribution is 2.48. The predicted molar refractivity (Wildman–Crippen MR) is 230 cm³/mol. The van der Waals surface area contributed by atoms with Crippen molar-refractivity contribution in [3.05, 3.63) is 194 Å². The van der Waals surface area contributed by atoms with E-state index in [0.717, 1.165) is 27.5 Å². The number of rotatable bonds is 4. The number of fused-ring (bicyclic) bond motifs is 7. The largest absolute Gasteiger partial charge is 0.456 e. The molecule has 11 aromatic rings. The summed E-state index contributed by atoms with van der Waals surface area (Å²) in [6.07, 6.45) is 0. The van der Waals surface area contributed by atoms with Gasteiger partial charge in [0.25, 0.3) is 0 Å². The van der Waals surface area contributed by atoms with Crippen molar-refractivity contribution in [2.75, 3.05) is 0 Å². The van der Waals surface area contributed by atoms with Gasteiger partial charge in [-0.1, -0.05) is 175 Å². The van der Waals surface area contributed by atoms with E-state index >= 15 is 0 Å². The Kier molecular flexibility index (Phi) is 6.84. The van der Waals surface area contributed by atoms with Gasteiger partial charge in [-0.25, -0.2) is 0 Å². The first-order valence-electron chi connectivity index (χ1n) is 18.7. The summed E-state index contributed by atoms with van der Waals surface area (Å²) in [5, 5.41) is 12.2. The van der Waals surface area contributed by atoms with Gasteiger partial charge in [-0.05, 0) is 113 Å². The third-order valence-electron chi connectivity index (χ3n) is 11.3. The first-order valence-corrected chi connectivity index (χ1v) is 18.7. The highest BCUT2D eigenvalue weighted by molar-refractivity contribution is 6.26. The first kappa shape index (κ1) is 30.6. The van der Waals surface area contributed by atoms with E-state index in [1.54, 1.807) is 0 Å². The van der Waals surface area contributed by atoms with Crippen LogP contribution in [-0.4, -0.2) is 0 Å². The van der Waals surface area contributed by atoms with Crippen LogP contribution in [0.15, 0.2) is 192 Å². The molecule has 0 bridgehead atoms. The molecule has 54 heavy (non-hydrogen) atoms. The van der Waals surface area contributed by atoms with Gasteiger partial charge >= 0.3 is 0 Å². The minimum atomic E-state index is 0.889. The monoisotopic (exact) mass is 686 g/mol. The van der Waals surface area contributed by atoms with Gasteiger partial charge in [0.05, 0.1) is 0 Å². The van der Waals surface area contributed by atoms with E-state index in [1.165, 1.54) is 87.6 Å². The molecule has 0 atom stereocenters. The van der Waals surface area contributed by atoms with Crippen LogP contribution in [0.1, 0.15) is 5.56 Å². The van der Waals surface area contributed by atoms with Gasteiger partial charge in [-0.3, -0.25) is 0 Å². The van der Waals surface area contributed by atoms with Gasteiger partial charge in [0.1, 0.15) is 11.2 Å². The Labute approximate surface area is 313 Å². The fraction of sp³-hybridized carbons (Fsp3) is 0.0189.